The lowest BCUT2D eigenvalue weighted by Gasteiger charge is -2.25. The monoisotopic (exact) mass is 426 g/mol. The number of oxime groups is 1. The predicted octanol–water partition coefficient (Wildman–Crippen LogP) is 5.83. The van der Waals surface area contributed by atoms with E-state index < -0.39 is 0 Å². The average molecular weight is 427 g/mol. The van der Waals surface area contributed by atoms with Gasteiger partial charge >= 0.3 is 0 Å². The molecular weight excluding hydrogens is 400 g/mol. The Morgan fingerprint density at radius 2 is 1.78 bits per heavy atom. The molecule has 6 heteroatoms. The van der Waals surface area contributed by atoms with Crippen LogP contribution >= 0.6 is 0 Å². The van der Waals surface area contributed by atoms with Crippen molar-refractivity contribution in [3.8, 4) is 16.9 Å². The van der Waals surface area contributed by atoms with Crippen molar-refractivity contribution in [1.29, 1.82) is 0 Å². The van der Waals surface area contributed by atoms with E-state index >= 15 is 0 Å². The van der Waals surface area contributed by atoms with Crippen LogP contribution in [0.5, 0.6) is 5.75 Å². The van der Waals surface area contributed by atoms with E-state index in [-0.39, 0.29) is 0 Å². The second-order valence-corrected chi connectivity index (χ2v) is 8.27. The number of ether oxygens (including phenoxy) is 1. The van der Waals surface area contributed by atoms with E-state index in [1.807, 2.05) is 41.0 Å². The first kappa shape index (κ1) is 20.2. The Balaban J connectivity index is 1.48. The molecule has 0 radical (unpaired) electrons. The van der Waals surface area contributed by atoms with Crippen LogP contribution in [0.4, 0.5) is 0 Å². The Bertz CT molecular complexity index is 1210. The average Bonchev–Trinajstić information content (AvgIpc) is 3.27. The molecular formula is C26H26N4O2. The van der Waals surface area contributed by atoms with E-state index in [9.17, 15) is 0 Å². The van der Waals surface area contributed by atoms with Gasteiger partial charge < -0.3 is 9.94 Å². The summed E-state index contributed by atoms with van der Waals surface area (Å²) in [6, 6.07) is 18.4. The van der Waals surface area contributed by atoms with Crippen molar-refractivity contribution in [2.45, 2.75) is 44.6 Å². The third-order valence-corrected chi connectivity index (χ3v) is 6.19. The van der Waals surface area contributed by atoms with E-state index in [0.717, 1.165) is 40.9 Å². The molecule has 5 rings (SSSR count). The van der Waals surface area contributed by atoms with Crippen LogP contribution in [-0.2, 0) is 6.61 Å². The molecule has 0 amide bonds. The molecule has 0 unspecified atom stereocenters. The molecule has 0 bridgehead atoms. The van der Waals surface area contributed by atoms with Gasteiger partial charge in [0.25, 0.3) is 0 Å². The number of benzene rings is 2. The molecule has 162 valence electrons. The molecule has 2 aromatic heterocycles. The topological polar surface area (TPSA) is 72.0 Å². The van der Waals surface area contributed by atoms with Crippen molar-refractivity contribution in [2.75, 3.05) is 0 Å². The summed E-state index contributed by atoms with van der Waals surface area (Å²) >= 11 is 0. The number of hydrogen-bond acceptors (Lipinski definition) is 5. The fourth-order valence-electron chi connectivity index (χ4n) is 4.58. The normalized spacial score (nSPS) is 14.9. The quantitative estimate of drug-likeness (QED) is 0.239. The summed E-state index contributed by atoms with van der Waals surface area (Å²) in [6.07, 6.45) is 11.1. The van der Waals surface area contributed by atoms with Crippen molar-refractivity contribution in [3.63, 3.8) is 0 Å². The van der Waals surface area contributed by atoms with Crippen molar-refractivity contribution < 1.29 is 9.94 Å². The summed E-state index contributed by atoms with van der Waals surface area (Å²) in [4.78, 5) is 4.66. The van der Waals surface area contributed by atoms with Crippen LogP contribution < -0.4 is 4.74 Å². The van der Waals surface area contributed by atoms with Crippen molar-refractivity contribution in [2.24, 2.45) is 5.16 Å². The van der Waals surface area contributed by atoms with Crippen LogP contribution in [0.15, 0.2) is 72.1 Å². The lowest BCUT2D eigenvalue weighted by molar-refractivity contribution is 0.306. The lowest BCUT2D eigenvalue weighted by atomic mass is 9.84. The summed E-state index contributed by atoms with van der Waals surface area (Å²) < 4.78 is 7.89. The molecule has 0 atom stereocenters. The zero-order chi connectivity index (χ0) is 21.8. The smallest absolute Gasteiger partial charge is 0.164 e. The molecule has 1 aliphatic rings. The van der Waals surface area contributed by atoms with Gasteiger partial charge in [0, 0.05) is 17.7 Å². The first-order chi connectivity index (χ1) is 15.8. The fraction of sp³-hybridized carbons (Fsp3) is 0.269. The van der Waals surface area contributed by atoms with Gasteiger partial charge in [0.15, 0.2) is 5.65 Å². The molecule has 0 saturated heterocycles. The maximum absolute atomic E-state index is 8.98. The third kappa shape index (κ3) is 4.08. The molecule has 4 aromatic rings. The minimum atomic E-state index is 0.428. The van der Waals surface area contributed by atoms with Crippen LogP contribution in [0.3, 0.4) is 0 Å². The molecule has 1 aliphatic carbocycles. The van der Waals surface area contributed by atoms with E-state index in [2.05, 4.69) is 39.5 Å². The van der Waals surface area contributed by atoms with Crippen LogP contribution in [0.2, 0.25) is 0 Å². The highest BCUT2D eigenvalue weighted by molar-refractivity contribution is 5.87. The van der Waals surface area contributed by atoms with E-state index in [0.29, 0.717) is 18.1 Å². The summed E-state index contributed by atoms with van der Waals surface area (Å²) in [6.45, 7) is 0.545. The number of fused-ring (bicyclic) bond motifs is 1. The van der Waals surface area contributed by atoms with Gasteiger partial charge in [-0.05, 0) is 36.1 Å². The van der Waals surface area contributed by atoms with E-state index in [4.69, 9.17) is 9.94 Å². The molecule has 32 heavy (non-hydrogen) atoms. The summed E-state index contributed by atoms with van der Waals surface area (Å²) in [5.74, 6) is 1.27. The number of hydrogen-bond donors (Lipinski definition) is 1. The minimum Gasteiger partial charge on any atom is -0.489 e. The molecule has 1 fully saturated rings. The largest absolute Gasteiger partial charge is 0.489 e. The zero-order valence-corrected chi connectivity index (χ0v) is 17.9. The van der Waals surface area contributed by atoms with Gasteiger partial charge in [-0.15, -0.1) is 0 Å². The molecule has 2 aromatic carbocycles. The van der Waals surface area contributed by atoms with Gasteiger partial charge in [-0.1, -0.05) is 66.9 Å². The second-order valence-electron chi connectivity index (χ2n) is 8.27. The van der Waals surface area contributed by atoms with E-state index in [1.54, 1.807) is 6.20 Å². The van der Waals surface area contributed by atoms with Gasteiger partial charge in [0.2, 0.25) is 0 Å². The lowest BCUT2D eigenvalue weighted by Crippen LogP contribution is -2.12. The Morgan fingerprint density at radius 1 is 1.00 bits per heavy atom. The van der Waals surface area contributed by atoms with Crippen molar-refractivity contribution in [3.05, 3.63) is 83.8 Å². The molecule has 0 aliphatic heterocycles. The molecule has 6 nitrogen and oxygen atoms in total. The highest BCUT2D eigenvalue weighted by atomic mass is 16.5. The molecule has 1 saturated carbocycles. The molecule has 2 heterocycles. The first-order valence-corrected chi connectivity index (χ1v) is 11.1. The Kier molecular flexibility index (Phi) is 5.83. The first-order valence-electron chi connectivity index (χ1n) is 11.1. The zero-order valence-electron chi connectivity index (χ0n) is 17.9. The van der Waals surface area contributed by atoms with Crippen LogP contribution in [0.25, 0.3) is 16.8 Å². The SMILES string of the molecule is O/N=C\c1cnn2c(C3CCCCC3)c(-c3ccc(OCc4ccccc4)cc3)cnc12. The highest BCUT2D eigenvalue weighted by Crippen LogP contribution is 2.38. The van der Waals surface area contributed by atoms with Gasteiger partial charge in [-0.25, -0.2) is 9.50 Å². The van der Waals surface area contributed by atoms with Crippen molar-refractivity contribution in [1.82, 2.24) is 14.6 Å². The van der Waals surface area contributed by atoms with Crippen LogP contribution in [0, 0.1) is 0 Å². The Hall–Kier alpha value is -3.67. The predicted molar refractivity (Wildman–Crippen MR) is 124 cm³/mol. The standard InChI is InChI=1S/C26H26N4O2/c31-29-16-22-15-28-30-25(21-9-5-2-6-10-21)24(17-27-26(22)30)20-11-13-23(14-12-20)32-18-19-7-3-1-4-8-19/h1,3-4,7-8,11-17,21,31H,2,5-6,9-10,18H2/b29-16-. The molecule has 0 spiro atoms. The highest BCUT2D eigenvalue weighted by Gasteiger charge is 2.24. The molecule has 1 N–H and O–H groups in total. The number of rotatable bonds is 6. The van der Waals surface area contributed by atoms with Gasteiger partial charge in [-0.2, -0.15) is 5.10 Å². The number of nitrogens with zero attached hydrogens (tertiary/aromatic N) is 4. The third-order valence-electron chi connectivity index (χ3n) is 6.19. The fourth-order valence-corrected chi connectivity index (χ4v) is 4.58. The summed E-state index contributed by atoms with van der Waals surface area (Å²) in [5, 5.41) is 16.8. The van der Waals surface area contributed by atoms with E-state index in [1.165, 1.54) is 31.2 Å². The Labute approximate surface area is 187 Å². The Morgan fingerprint density at radius 3 is 2.53 bits per heavy atom. The summed E-state index contributed by atoms with van der Waals surface area (Å²) in [5.41, 5.74) is 5.95. The van der Waals surface area contributed by atoms with Gasteiger partial charge in [0.1, 0.15) is 12.4 Å². The maximum atomic E-state index is 8.98. The van der Waals surface area contributed by atoms with Crippen LogP contribution in [-0.4, -0.2) is 26.0 Å². The van der Waals surface area contributed by atoms with Crippen LogP contribution in [0.1, 0.15) is 54.8 Å². The number of aromatic nitrogens is 3. The maximum Gasteiger partial charge on any atom is 0.164 e. The minimum absolute atomic E-state index is 0.428. The van der Waals surface area contributed by atoms with Gasteiger partial charge in [-0.3, -0.25) is 0 Å². The summed E-state index contributed by atoms with van der Waals surface area (Å²) in [7, 11) is 0. The second kappa shape index (κ2) is 9.22. The van der Waals surface area contributed by atoms with Gasteiger partial charge in [0.05, 0.1) is 23.7 Å². The van der Waals surface area contributed by atoms with Crippen molar-refractivity contribution >= 4 is 11.9 Å².